The van der Waals surface area contributed by atoms with Crippen molar-refractivity contribution in [3.05, 3.63) is 113 Å². The first-order valence-electron chi connectivity index (χ1n) is 13.4. The maximum absolute atomic E-state index is 13.0. The monoisotopic (exact) mass is 545 g/mol. The molecule has 0 saturated carbocycles. The van der Waals surface area contributed by atoms with E-state index in [0.29, 0.717) is 29.2 Å². The van der Waals surface area contributed by atoms with Crippen molar-refractivity contribution in [2.24, 2.45) is 0 Å². The van der Waals surface area contributed by atoms with E-state index in [-0.39, 0.29) is 11.8 Å². The zero-order valence-corrected chi connectivity index (χ0v) is 22.8. The average Bonchev–Trinajstić information content (AvgIpc) is 3.64. The lowest BCUT2D eigenvalue weighted by molar-refractivity contribution is -0.116. The molecule has 3 aromatic carbocycles. The molecule has 3 heterocycles. The summed E-state index contributed by atoms with van der Waals surface area (Å²) in [6, 6.07) is 26.3. The van der Waals surface area contributed by atoms with E-state index in [1.54, 1.807) is 18.0 Å². The summed E-state index contributed by atoms with van der Waals surface area (Å²) in [5.74, 6) is 2.94. The Morgan fingerprint density at radius 1 is 0.975 bits per heavy atom. The first-order valence-corrected chi connectivity index (χ1v) is 14.4. The minimum absolute atomic E-state index is 0.191. The summed E-state index contributed by atoms with van der Waals surface area (Å²) in [6.45, 7) is 2.07. The SMILES string of the molecule is Cc1ccc(C2C3=C(CCCC3=O)Nc3nc(SCc4ccc(-c5ncc(-c6ccccc6)o5)cc4)nn32)cc1. The van der Waals surface area contributed by atoms with Gasteiger partial charge in [0.2, 0.25) is 17.0 Å². The van der Waals surface area contributed by atoms with Gasteiger partial charge in [-0.3, -0.25) is 4.79 Å². The molecule has 0 fully saturated rings. The number of ketones is 1. The summed E-state index contributed by atoms with van der Waals surface area (Å²) in [7, 11) is 0. The summed E-state index contributed by atoms with van der Waals surface area (Å²) in [4.78, 5) is 22.3. The zero-order valence-electron chi connectivity index (χ0n) is 22.0. The summed E-state index contributed by atoms with van der Waals surface area (Å²) in [6.07, 6.45) is 4.05. The molecule has 1 aliphatic carbocycles. The van der Waals surface area contributed by atoms with Crippen molar-refractivity contribution in [1.82, 2.24) is 19.7 Å². The highest BCUT2D eigenvalue weighted by atomic mass is 32.2. The smallest absolute Gasteiger partial charge is 0.227 e. The van der Waals surface area contributed by atoms with E-state index in [2.05, 4.69) is 53.6 Å². The first-order chi connectivity index (χ1) is 19.6. The Bertz CT molecular complexity index is 1720. The highest BCUT2D eigenvalue weighted by Gasteiger charge is 2.36. The lowest BCUT2D eigenvalue weighted by Gasteiger charge is -2.32. The number of nitrogens with zero attached hydrogens (tertiary/aromatic N) is 4. The number of carbonyl (C=O) groups excluding carboxylic acids is 1. The summed E-state index contributed by atoms with van der Waals surface area (Å²) >= 11 is 1.58. The molecular formula is C32H27N5O2S. The summed E-state index contributed by atoms with van der Waals surface area (Å²) in [5, 5.41) is 8.96. The minimum Gasteiger partial charge on any atom is -0.436 e. The van der Waals surface area contributed by atoms with Gasteiger partial charge in [-0.1, -0.05) is 84.1 Å². The topological polar surface area (TPSA) is 85.8 Å². The molecule has 1 unspecified atom stereocenters. The molecule has 198 valence electrons. The van der Waals surface area contributed by atoms with Gasteiger partial charge in [-0.2, -0.15) is 4.98 Å². The van der Waals surface area contributed by atoms with Crippen LogP contribution in [0.25, 0.3) is 22.8 Å². The Kier molecular flexibility index (Phi) is 6.32. The number of benzene rings is 3. The summed E-state index contributed by atoms with van der Waals surface area (Å²) < 4.78 is 7.88. The van der Waals surface area contributed by atoms with Gasteiger partial charge in [-0.15, -0.1) is 5.10 Å². The van der Waals surface area contributed by atoms with Gasteiger partial charge < -0.3 is 9.73 Å². The van der Waals surface area contributed by atoms with E-state index < -0.39 is 0 Å². The number of thioether (sulfide) groups is 1. The summed E-state index contributed by atoms with van der Waals surface area (Å²) in [5.41, 5.74) is 7.11. The predicted molar refractivity (Wildman–Crippen MR) is 156 cm³/mol. The Morgan fingerprint density at radius 2 is 1.77 bits per heavy atom. The number of fused-ring (bicyclic) bond motifs is 1. The number of hydrogen-bond acceptors (Lipinski definition) is 7. The molecule has 1 N–H and O–H groups in total. The van der Waals surface area contributed by atoms with Crippen LogP contribution in [0.4, 0.5) is 5.95 Å². The third-order valence-corrected chi connectivity index (χ3v) is 8.28. The van der Waals surface area contributed by atoms with Gasteiger partial charge in [0.05, 0.1) is 6.20 Å². The molecule has 2 aromatic heterocycles. The van der Waals surface area contributed by atoms with Gasteiger partial charge >= 0.3 is 0 Å². The van der Waals surface area contributed by atoms with Gasteiger partial charge in [0.1, 0.15) is 6.04 Å². The molecule has 0 bridgehead atoms. The normalized spacial score (nSPS) is 16.4. The van der Waals surface area contributed by atoms with Crippen molar-refractivity contribution in [2.75, 3.05) is 5.32 Å². The number of carbonyl (C=O) groups is 1. The second-order valence-electron chi connectivity index (χ2n) is 10.2. The standard InChI is InChI=1S/C32H27N5O2S/c1-20-10-14-23(15-11-20)29-28-25(8-5-9-26(28)38)34-31-35-32(36-37(29)31)40-19-21-12-16-24(17-13-21)30-33-18-27(39-30)22-6-3-2-4-7-22/h2-4,6-7,10-18,29H,5,8-9,19H2,1H3,(H,34,35,36). The van der Waals surface area contributed by atoms with Crippen molar-refractivity contribution < 1.29 is 9.21 Å². The fourth-order valence-electron chi connectivity index (χ4n) is 5.29. The second-order valence-corrected chi connectivity index (χ2v) is 11.1. The maximum atomic E-state index is 13.0. The van der Waals surface area contributed by atoms with Gasteiger partial charge in [0.15, 0.2) is 11.5 Å². The number of oxazole rings is 1. The fraction of sp³-hybridized carbons (Fsp3) is 0.188. The van der Waals surface area contributed by atoms with Crippen molar-refractivity contribution in [3.63, 3.8) is 0 Å². The molecule has 0 radical (unpaired) electrons. The van der Waals surface area contributed by atoms with Crippen LogP contribution in [-0.4, -0.2) is 25.5 Å². The van der Waals surface area contributed by atoms with E-state index in [1.807, 2.05) is 47.1 Å². The average molecular weight is 546 g/mol. The van der Waals surface area contributed by atoms with Gasteiger partial charge in [0, 0.05) is 34.6 Å². The van der Waals surface area contributed by atoms with Crippen LogP contribution in [0.5, 0.6) is 0 Å². The number of aryl methyl sites for hydroxylation is 1. The van der Waals surface area contributed by atoms with E-state index in [9.17, 15) is 4.79 Å². The molecule has 0 saturated heterocycles. The third-order valence-electron chi connectivity index (χ3n) is 7.37. The fourth-order valence-corrected chi connectivity index (χ4v) is 6.07. The molecule has 8 heteroatoms. The molecule has 7 nitrogen and oxygen atoms in total. The molecule has 1 atom stereocenters. The van der Waals surface area contributed by atoms with Crippen LogP contribution in [-0.2, 0) is 10.5 Å². The molecule has 5 aromatic rings. The largest absolute Gasteiger partial charge is 0.436 e. The van der Waals surface area contributed by atoms with Crippen LogP contribution >= 0.6 is 11.8 Å². The molecule has 1 aliphatic heterocycles. The van der Waals surface area contributed by atoms with Gasteiger partial charge in [-0.25, -0.2) is 9.67 Å². The number of aromatic nitrogens is 4. The maximum Gasteiger partial charge on any atom is 0.227 e. The Balaban J connectivity index is 1.09. The van der Waals surface area contributed by atoms with Crippen LogP contribution in [0.3, 0.4) is 0 Å². The van der Waals surface area contributed by atoms with E-state index >= 15 is 0 Å². The second kappa shape index (κ2) is 10.3. The quantitative estimate of drug-likeness (QED) is 0.225. The van der Waals surface area contributed by atoms with Crippen molar-refractivity contribution in [3.8, 4) is 22.8 Å². The van der Waals surface area contributed by atoms with Crippen LogP contribution in [0.1, 0.15) is 42.0 Å². The van der Waals surface area contributed by atoms with E-state index in [1.165, 1.54) is 5.56 Å². The Morgan fingerprint density at radius 3 is 2.58 bits per heavy atom. The van der Waals surface area contributed by atoms with Crippen molar-refractivity contribution in [2.45, 2.75) is 43.1 Å². The molecule has 0 spiro atoms. The Hall–Kier alpha value is -4.43. The van der Waals surface area contributed by atoms with Crippen LogP contribution in [0, 0.1) is 6.92 Å². The predicted octanol–water partition coefficient (Wildman–Crippen LogP) is 7.22. The van der Waals surface area contributed by atoms with Gasteiger partial charge in [0.25, 0.3) is 0 Å². The van der Waals surface area contributed by atoms with Crippen molar-refractivity contribution >= 4 is 23.5 Å². The number of allylic oxidation sites excluding steroid dienone is 2. The highest BCUT2D eigenvalue weighted by molar-refractivity contribution is 7.98. The molecule has 2 aliphatic rings. The lowest BCUT2D eigenvalue weighted by atomic mass is 9.85. The number of anilines is 1. The highest BCUT2D eigenvalue weighted by Crippen LogP contribution is 2.41. The van der Waals surface area contributed by atoms with E-state index in [4.69, 9.17) is 14.5 Å². The van der Waals surface area contributed by atoms with Crippen molar-refractivity contribution in [1.29, 1.82) is 0 Å². The molecular weight excluding hydrogens is 518 g/mol. The number of hydrogen-bond donors (Lipinski definition) is 1. The van der Waals surface area contributed by atoms with E-state index in [0.717, 1.165) is 52.1 Å². The number of nitrogens with one attached hydrogen (secondary N) is 1. The third kappa shape index (κ3) is 4.64. The Labute approximate surface area is 236 Å². The van der Waals surface area contributed by atoms with Crippen LogP contribution in [0.2, 0.25) is 0 Å². The van der Waals surface area contributed by atoms with Crippen LogP contribution in [0.15, 0.2) is 106 Å². The lowest BCUT2D eigenvalue weighted by Crippen LogP contribution is -2.31. The number of rotatable bonds is 6. The van der Waals surface area contributed by atoms with Crippen LogP contribution < -0.4 is 5.32 Å². The molecule has 0 amide bonds. The molecule has 40 heavy (non-hydrogen) atoms. The molecule has 7 rings (SSSR count). The zero-order chi connectivity index (χ0) is 27.1. The number of Topliss-reactive ketones (excluding diaryl/α,β-unsaturated/α-hetero) is 1. The van der Waals surface area contributed by atoms with Gasteiger partial charge in [-0.05, 0) is 43.0 Å². The minimum atomic E-state index is -0.262. The first kappa shape index (κ1) is 24.6.